The number of aromatic nitrogens is 2. The van der Waals surface area contributed by atoms with Gasteiger partial charge in [0.05, 0.1) is 12.1 Å². The number of anilines is 1. The van der Waals surface area contributed by atoms with Crippen LogP contribution in [0.1, 0.15) is 5.82 Å². The molecule has 0 unspecified atom stereocenters. The minimum Gasteiger partial charge on any atom is -0.383 e. The van der Waals surface area contributed by atoms with Crippen LogP contribution in [0.15, 0.2) is 24.3 Å². The fraction of sp³-hybridized carbons (Fsp3) is 0.385. The highest BCUT2D eigenvalue weighted by molar-refractivity contribution is 5.87. The predicted molar refractivity (Wildman–Crippen MR) is 86.6 cm³/mol. The van der Waals surface area contributed by atoms with Crippen molar-refractivity contribution in [1.82, 2.24) is 20.2 Å². The first-order valence-corrected chi connectivity index (χ1v) is 6.27. The molecule has 0 saturated carbocycles. The van der Waals surface area contributed by atoms with Gasteiger partial charge in [0.2, 0.25) is 0 Å². The van der Waals surface area contributed by atoms with Gasteiger partial charge < -0.3 is 11.1 Å². The summed E-state index contributed by atoms with van der Waals surface area (Å²) in [4.78, 5) is 11.3. The van der Waals surface area contributed by atoms with Crippen LogP contribution in [0.2, 0.25) is 0 Å². The van der Waals surface area contributed by atoms with Gasteiger partial charge in [-0.1, -0.05) is 12.1 Å². The topological polar surface area (TPSA) is 67.1 Å². The maximum atomic E-state index is 5.98. The molecule has 1 aromatic heterocycles. The minimum absolute atomic E-state index is 0. The molecule has 0 radical (unpaired) electrons. The first-order valence-electron chi connectivity index (χ1n) is 6.27. The van der Waals surface area contributed by atoms with E-state index in [-0.39, 0.29) is 24.8 Å². The van der Waals surface area contributed by atoms with E-state index in [1.54, 1.807) is 0 Å². The lowest BCUT2D eigenvalue weighted by molar-refractivity contribution is 0.228. The van der Waals surface area contributed by atoms with E-state index in [1.165, 1.54) is 0 Å². The van der Waals surface area contributed by atoms with Crippen molar-refractivity contribution in [2.24, 2.45) is 0 Å². The number of nitrogens with one attached hydrogen (secondary N) is 1. The van der Waals surface area contributed by atoms with Gasteiger partial charge in [-0.05, 0) is 12.1 Å². The second-order valence-corrected chi connectivity index (χ2v) is 4.57. The molecule has 2 aromatic rings. The Morgan fingerprint density at radius 1 is 1.10 bits per heavy atom. The largest absolute Gasteiger partial charge is 0.383 e. The Labute approximate surface area is 130 Å². The fourth-order valence-corrected chi connectivity index (χ4v) is 2.29. The van der Waals surface area contributed by atoms with Crippen molar-refractivity contribution >= 4 is 41.5 Å². The van der Waals surface area contributed by atoms with E-state index in [9.17, 15) is 0 Å². The molecule has 5 nitrogen and oxygen atoms in total. The molecular formula is C13H19Cl2N5. The molecular weight excluding hydrogens is 297 g/mol. The van der Waals surface area contributed by atoms with E-state index in [0.717, 1.165) is 49.5 Å². The maximum absolute atomic E-state index is 5.98. The van der Waals surface area contributed by atoms with Crippen LogP contribution in [0.3, 0.4) is 0 Å². The van der Waals surface area contributed by atoms with Crippen LogP contribution in [0.4, 0.5) is 5.82 Å². The van der Waals surface area contributed by atoms with E-state index >= 15 is 0 Å². The van der Waals surface area contributed by atoms with Crippen LogP contribution in [0, 0.1) is 0 Å². The van der Waals surface area contributed by atoms with Gasteiger partial charge in [0.1, 0.15) is 11.6 Å². The number of nitrogens with zero attached hydrogens (tertiary/aromatic N) is 3. The van der Waals surface area contributed by atoms with E-state index < -0.39 is 0 Å². The summed E-state index contributed by atoms with van der Waals surface area (Å²) < 4.78 is 0. The van der Waals surface area contributed by atoms with Gasteiger partial charge in [0.15, 0.2) is 0 Å². The van der Waals surface area contributed by atoms with E-state index in [1.807, 2.05) is 24.3 Å². The summed E-state index contributed by atoms with van der Waals surface area (Å²) in [6.45, 7) is 4.91. The highest BCUT2D eigenvalue weighted by Crippen LogP contribution is 2.17. The molecule has 1 aliphatic heterocycles. The van der Waals surface area contributed by atoms with Gasteiger partial charge in [-0.15, -0.1) is 24.8 Å². The summed E-state index contributed by atoms with van der Waals surface area (Å²) in [5.74, 6) is 1.39. The average molecular weight is 316 g/mol. The summed E-state index contributed by atoms with van der Waals surface area (Å²) in [6, 6.07) is 7.87. The van der Waals surface area contributed by atoms with Gasteiger partial charge in [0, 0.05) is 31.6 Å². The fourth-order valence-electron chi connectivity index (χ4n) is 2.29. The number of hydrogen-bond acceptors (Lipinski definition) is 5. The molecule has 1 saturated heterocycles. The molecule has 0 aliphatic carbocycles. The zero-order valence-corrected chi connectivity index (χ0v) is 12.7. The molecule has 0 bridgehead atoms. The lowest BCUT2D eigenvalue weighted by atomic mass is 10.2. The van der Waals surface area contributed by atoms with Crippen molar-refractivity contribution < 1.29 is 0 Å². The second-order valence-electron chi connectivity index (χ2n) is 4.57. The van der Waals surface area contributed by atoms with Gasteiger partial charge in [-0.25, -0.2) is 9.97 Å². The van der Waals surface area contributed by atoms with Crippen LogP contribution in [-0.4, -0.2) is 41.0 Å². The maximum Gasteiger partial charge on any atom is 0.145 e. The van der Waals surface area contributed by atoms with Gasteiger partial charge in [-0.3, -0.25) is 4.90 Å². The van der Waals surface area contributed by atoms with Gasteiger partial charge in [0.25, 0.3) is 0 Å². The Morgan fingerprint density at radius 3 is 2.55 bits per heavy atom. The zero-order chi connectivity index (χ0) is 12.4. The van der Waals surface area contributed by atoms with Crippen LogP contribution >= 0.6 is 24.8 Å². The summed E-state index contributed by atoms with van der Waals surface area (Å²) in [6.07, 6.45) is 0. The molecule has 7 heteroatoms. The van der Waals surface area contributed by atoms with Gasteiger partial charge >= 0.3 is 0 Å². The number of nitrogens with two attached hydrogens (primary N) is 1. The number of fused-ring (bicyclic) bond motifs is 1. The Morgan fingerprint density at radius 2 is 1.80 bits per heavy atom. The Hall–Kier alpha value is -1.14. The standard InChI is InChI=1S/C13H17N5.2ClH/c14-13-10-3-1-2-4-11(10)16-12(17-13)9-18-7-5-15-6-8-18;;/h1-4,15H,5-9H2,(H2,14,16,17);2*1H. The minimum atomic E-state index is 0. The summed E-state index contributed by atoms with van der Waals surface area (Å²) >= 11 is 0. The number of nitrogen functional groups attached to an aromatic ring is 1. The number of benzene rings is 1. The lowest BCUT2D eigenvalue weighted by Gasteiger charge is -2.26. The number of hydrogen-bond donors (Lipinski definition) is 2. The Bertz CT molecular complexity index is 557. The SMILES string of the molecule is Cl.Cl.Nc1nc(CN2CCNCC2)nc2ccccc12. The van der Waals surface area contributed by atoms with Crippen molar-refractivity contribution in [1.29, 1.82) is 0 Å². The molecule has 3 rings (SSSR count). The zero-order valence-electron chi connectivity index (χ0n) is 11.1. The quantitative estimate of drug-likeness (QED) is 0.878. The molecule has 0 amide bonds. The first-order chi connectivity index (χ1) is 8.83. The van der Waals surface area contributed by atoms with Gasteiger partial charge in [-0.2, -0.15) is 0 Å². The highest BCUT2D eigenvalue weighted by Gasteiger charge is 2.12. The average Bonchev–Trinajstić information content (AvgIpc) is 2.40. The summed E-state index contributed by atoms with van der Waals surface area (Å²) in [7, 11) is 0. The van der Waals surface area contributed by atoms with Crippen molar-refractivity contribution in [2.45, 2.75) is 6.54 Å². The molecule has 0 atom stereocenters. The smallest absolute Gasteiger partial charge is 0.145 e. The van der Waals surface area contributed by atoms with Crippen LogP contribution < -0.4 is 11.1 Å². The summed E-state index contributed by atoms with van der Waals surface area (Å²) in [5, 5.41) is 4.27. The number of piperazine rings is 1. The Balaban J connectivity index is 0.000001000. The van der Waals surface area contributed by atoms with E-state index in [2.05, 4.69) is 20.2 Å². The van der Waals surface area contributed by atoms with Crippen molar-refractivity contribution in [3.05, 3.63) is 30.1 Å². The van der Waals surface area contributed by atoms with E-state index in [4.69, 9.17) is 5.73 Å². The first kappa shape index (κ1) is 16.9. The van der Waals surface area contributed by atoms with E-state index in [0.29, 0.717) is 5.82 Å². The van der Waals surface area contributed by atoms with Crippen LogP contribution in [0.25, 0.3) is 10.9 Å². The lowest BCUT2D eigenvalue weighted by Crippen LogP contribution is -2.43. The molecule has 1 aliphatic rings. The normalized spacial score (nSPS) is 15.4. The Kier molecular flexibility index (Phi) is 6.42. The number of halogens is 2. The molecule has 0 spiro atoms. The number of para-hydroxylation sites is 1. The molecule has 1 fully saturated rings. The van der Waals surface area contributed by atoms with Crippen molar-refractivity contribution in [3.63, 3.8) is 0 Å². The third-order valence-corrected chi connectivity index (χ3v) is 3.25. The third kappa shape index (κ3) is 3.70. The molecule has 110 valence electrons. The second kappa shape index (κ2) is 7.59. The van der Waals surface area contributed by atoms with Crippen LogP contribution in [0.5, 0.6) is 0 Å². The molecule has 2 heterocycles. The predicted octanol–water partition coefficient (Wildman–Crippen LogP) is 1.46. The molecule has 20 heavy (non-hydrogen) atoms. The number of rotatable bonds is 2. The monoisotopic (exact) mass is 315 g/mol. The van der Waals surface area contributed by atoms with Crippen LogP contribution in [-0.2, 0) is 6.54 Å². The summed E-state index contributed by atoms with van der Waals surface area (Å²) in [5.41, 5.74) is 6.91. The molecule has 1 aromatic carbocycles. The van der Waals surface area contributed by atoms with Crippen molar-refractivity contribution in [2.75, 3.05) is 31.9 Å². The molecule has 3 N–H and O–H groups in total. The third-order valence-electron chi connectivity index (χ3n) is 3.25. The highest BCUT2D eigenvalue weighted by atomic mass is 35.5. The van der Waals surface area contributed by atoms with Crippen molar-refractivity contribution in [3.8, 4) is 0 Å².